The van der Waals surface area contributed by atoms with Crippen LogP contribution in [0.4, 0.5) is 5.69 Å². The van der Waals surface area contributed by atoms with Crippen LogP contribution in [0.25, 0.3) is 11.0 Å². The van der Waals surface area contributed by atoms with Gasteiger partial charge >= 0.3 is 186 Å². The van der Waals surface area contributed by atoms with Crippen molar-refractivity contribution in [3.8, 4) is 0 Å². The van der Waals surface area contributed by atoms with Crippen molar-refractivity contribution in [2.24, 2.45) is 0 Å². The van der Waals surface area contributed by atoms with Crippen LogP contribution in [0.5, 0.6) is 0 Å². The van der Waals surface area contributed by atoms with Crippen LogP contribution in [-0.4, -0.2) is 48.4 Å². The monoisotopic (exact) mass is 517 g/mol. The summed E-state index contributed by atoms with van der Waals surface area (Å²) in [5.74, 6) is 0. The Hall–Kier alpha value is -1.72. The van der Waals surface area contributed by atoms with Crippen molar-refractivity contribution in [3.05, 3.63) is 45.4 Å². The maximum atomic E-state index is 12.8. The average Bonchev–Trinajstić information content (AvgIpc) is 3.26. The Morgan fingerprint density at radius 2 is 1.93 bits per heavy atom. The summed E-state index contributed by atoms with van der Waals surface area (Å²) in [4.78, 5) is 29.2. The second kappa shape index (κ2) is 8.97. The van der Waals surface area contributed by atoms with E-state index >= 15 is 0 Å². The first-order valence-electron chi connectivity index (χ1n) is 10.2. The Morgan fingerprint density at radius 1 is 1.17 bits per heavy atom. The zero-order chi connectivity index (χ0) is 20.4. The summed E-state index contributed by atoms with van der Waals surface area (Å²) in [6, 6.07) is 6.29. The molecule has 4 rings (SSSR count). The number of nitrogens with zero attached hydrogens (tertiary/aromatic N) is 5. The van der Waals surface area contributed by atoms with Crippen molar-refractivity contribution in [1.29, 1.82) is 0 Å². The fourth-order valence-electron chi connectivity index (χ4n) is 4.00. The normalized spacial score (nSPS) is 15.0. The molecule has 0 N–H and O–H groups in total. The summed E-state index contributed by atoms with van der Waals surface area (Å²) in [6.07, 6.45) is 8.20. The molecule has 6 nitrogen and oxygen atoms in total. The number of pyridine rings is 2. The molecule has 1 fully saturated rings. The number of hydrogen-bond acceptors (Lipinski definition) is 5. The van der Waals surface area contributed by atoms with Gasteiger partial charge in [0.15, 0.2) is 0 Å². The number of fused-ring (bicyclic) bond motifs is 1. The van der Waals surface area contributed by atoms with E-state index in [4.69, 9.17) is 4.98 Å². The number of halogens is 1. The van der Waals surface area contributed by atoms with Crippen LogP contribution in [0.1, 0.15) is 45.6 Å². The molecule has 3 aromatic rings. The molecule has 3 aromatic heterocycles. The minimum absolute atomic E-state index is 0.00995. The van der Waals surface area contributed by atoms with Crippen LogP contribution in [0.2, 0.25) is 0 Å². The van der Waals surface area contributed by atoms with Gasteiger partial charge in [0.2, 0.25) is 0 Å². The molecule has 0 saturated heterocycles. The topological polar surface area (TPSA) is 63.9 Å². The van der Waals surface area contributed by atoms with Gasteiger partial charge in [0.05, 0.1) is 0 Å². The molecule has 8 heteroatoms. The first kappa shape index (κ1) is 20.5. The van der Waals surface area contributed by atoms with Crippen LogP contribution >= 0.6 is 15.9 Å². The van der Waals surface area contributed by atoms with E-state index in [9.17, 15) is 4.79 Å². The van der Waals surface area contributed by atoms with E-state index in [-0.39, 0.29) is 11.6 Å². The van der Waals surface area contributed by atoms with E-state index in [2.05, 4.69) is 56.8 Å². The van der Waals surface area contributed by atoms with Gasteiger partial charge in [-0.05, 0) is 0 Å². The maximum absolute atomic E-state index is 12.8. The summed E-state index contributed by atoms with van der Waals surface area (Å²) >= 11 is 2.65. The second-order valence-electron chi connectivity index (χ2n) is 7.28. The van der Waals surface area contributed by atoms with Gasteiger partial charge in [-0.1, -0.05) is 0 Å². The molecule has 0 amide bonds. The van der Waals surface area contributed by atoms with Gasteiger partial charge in [-0.15, -0.1) is 0 Å². The molecule has 1 saturated carbocycles. The molecular formula is C21H25AsBrN5O. The van der Waals surface area contributed by atoms with Gasteiger partial charge in [-0.3, -0.25) is 0 Å². The van der Waals surface area contributed by atoms with Crippen molar-refractivity contribution < 1.29 is 0 Å². The third kappa shape index (κ3) is 4.26. The quantitative estimate of drug-likeness (QED) is 0.469. The predicted octanol–water partition coefficient (Wildman–Crippen LogP) is 2.30. The zero-order valence-electron chi connectivity index (χ0n) is 16.7. The standard InChI is InChI=1S/C21H25AsBrN5O/c1-3-27(4-2)16-9-10-18(24-13-16)22-21-25-12-14-11-17(23)20(29)28(19(14)26-21)15-7-5-6-8-15/h9-13,15,22H,3-8H2,1-2H3. The van der Waals surface area contributed by atoms with Gasteiger partial charge in [-0.25, -0.2) is 0 Å². The molecular weight excluding hydrogens is 493 g/mol. The van der Waals surface area contributed by atoms with Crippen LogP contribution in [0.3, 0.4) is 0 Å². The van der Waals surface area contributed by atoms with E-state index in [1.807, 2.05) is 23.0 Å². The van der Waals surface area contributed by atoms with Gasteiger partial charge in [0.25, 0.3) is 0 Å². The SMILES string of the molecule is CCN(CC)c1ccc([AsH]c2ncc3cc(Br)c(=O)n(C4CCCC4)c3n2)nc1. The van der Waals surface area contributed by atoms with Crippen molar-refractivity contribution >= 4 is 57.5 Å². The number of rotatable bonds is 6. The molecule has 3 heterocycles. The van der Waals surface area contributed by atoms with Crippen LogP contribution in [0.15, 0.2) is 39.9 Å². The Balaban J connectivity index is 1.67. The summed E-state index contributed by atoms with van der Waals surface area (Å²) in [5, 5.41) is 0.906. The summed E-state index contributed by atoms with van der Waals surface area (Å²) in [6.45, 7) is 6.23. The number of hydrogen-bond donors (Lipinski definition) is 0. The van der Waals surface area contributed by atoms with E-state index < -0.39 is 15.8 Å². The molecule has 1 unspecified atom stereocenters. The van der Waals surface area contributed by atoms with Crippen LogP contribution in [0, 0.1) is 0 Å². The molecule has 1 atom stereocenters. The molecule has 152 valence electrons. The summed E-state index contributed by atoms with van der Waals surface area (Å²) in [5.41, 5.74) is 1.92. The summed E-state index contributed by atoms with van der Waals surface area (Å²) in [7, 11) is 0. The van der Waals surface area contributed by atoms with Gasteiger partial charge in [-0.2, -0.15) is 0 Å². The minimum atomic E-state index is -0.768. The summed E-state index contributed by atoms with van der Waals surface area (Å²) < 4.78 is 4.33. The molecule has 0 aromatic carbocycles. The van der Waals surface area contributed by atoms with Gasteiger partial charge in [0, 0.05) is 0 Å². The molecule has 0 aliphatic heterocycles. The molecule has 29 heavy (non-hydrogen) atoms. The fraction of sp³-hybridized carbons (Fsp3) is 0.429. The third-order valence-electron chi connectivity index (χ3n) is 5.54. The Morgan fingerprint density at radius 3 is 2.59 bits per heavy atom. The van der Waals surface area contributed by atoms with Crippen LogP contribution in [-0.2, 0) is 0 Å². The van der Waals surface area contributed by atoms with Crippen molar-refractivity contribution in [3.63, 3.8) is 0 Å². The second-order valence-corrected chi connectivity index (χ2v) is 10.7. The molecule has 0 spiro atoms. The number of aromatic nitrogens is 4. The molecule has 0 bridgehead atoms. The van der Waals surface area contributed by atoms with Crippen molar-refractivity contribution in [2.45, 2.75) is 45.6 Å². The Bertz CT molecular complexity index is 1060. The van der Waals surface area contributed by atoms with E-state index in [0.717, 1.165) is 51.7 Å². The van der Waals surface area contributed by atoms with Crippen LogP contribution < -0.4 is 19.6 Å². The molecule has 0 radical (unpaired) electrons. The van der Waals surface area contributed by atoms with E-state index in [1.165, 1.54) is 12.8 Å². The first-order chi connectivity index (χ1) is 14.1. The first-order valence-corrected chi connectivity index (χ1v) is 13.1. The van der Waals surface area contributed by atoms with Gasteiger partial charge < -0.3 is 0 Å². The fourth-order valence-corrected chi connectivity index (χ4v) is 6.15. The van der Waals surface area contributed by atoms with E-state index in [0.29, 0.717) is 4.47 Å². The van der Waals surface area contributed by atoms with Crippen molar-refractivity contribution in [2.75, 3.05) is 18.0 Å². The Labute approximate surface area is 185 Å². The number of anilines is 1. The molecule has 1 aliphatic rings. The average molecular weight is 518 g/mol. The molecule has 1 aliphatic carbocycles. The van der Waals surface area contributed by atoms with Gasteiger partial charge in [0.1, 0.15) is 0 Å². The third-order valence-corrected chi connectivity index (χ3v) is 8.24. The van der Waals surface area contributed by atoms with E-state index in [1.54, 1.807) is 0 Å². The Kier molecular flexibility index (Phi) is 6.35. The zero-order valence-corrected chi connectivity index (χ0v) is 20.4. The van der Waals surface area contributed by atoms with Crippen molar-refractivity contribution in [1.82, 2.24) is 19.5 Å². The predicted molar refractivity (Wildman–Crippen MR) is 123 cm³/mol.